The first-order chi connectivity index (χ1) is 8.50. The second kappa shape index (κ2) is 4.80. The molecule has 0 spiro atoms. The molecule has 0 bridgehead atoms. The lowest BCUT2D eigenvalue weighted by atomic mass is 10.1. The van der Waals surface area contributed by atoms with Crippen molar-refractivity contribution in [3.05, 3.63) is 29.3 Å². The highest BCUT2D eigenvalue weighted by Gasteiger charge is 2.32. The summed E-state index contributed by atoms with van der Waals surface area (Å²) in [6.07, 6.45) is 1.07. The molecule has 0 unspecified atom stereocenters. The number of benzene rings is 1. The van der Waals surface area contributed by atoms with Gasteiger partial charge in [-0.3, -0.25) is 14.5 Å². The molecule has 1 aromatic carbocycles. The van der Waals surface area contributed by atoms with Gasteiger partial charge in [0.25, 0.3) is 11.8 Å². The molecule has 2 amide bonds. The zero-order valence-corrected chi connectivity index (χ0v) is 11.0. The van der Waals surface area contributed by atoms with Gasteiger partial charge >= 0.3 is 0 Å². The van der Waals surface area contributed by atoms with Gasteiger partial charge in [-0.1, -0.05) is 13.8 Å². The SMILES string of the molecule is CC(C)CCNc1ccc2c(c1)C(=O)N(C)C2=O. The summed E-state index contributed by atoms with van der Waals surface area (Å²) in [6.45, 7) is 5.21. The summed E-state index contributed by atoms with van der Waals surface area (Å²) in [7, 11) is 1.51. The van der Waals surface area contributed by atoms with Crippen molar-refractivity contribution in [2.24, 2.45) is 5.92 Å². The van der Waals surface area contributed by atoms with E-state index in [1.807, 2.05) is 6.07 Å². The summed E-state index contributed by atoms with van der Waals surface area (Å²) in [5.74, 6) is 0.201. The fourth-order valence-electron chi connectivity index (χ4n) is 1.98. The predicted molar refractivity (Wildman–Crippen MR) is 70.8 cm³/mol. The maximum Gasteiger partial charge on any atom is 0.261 e. The number of amides is 2. The maximum atomic E-state index is 11.8. The van der Waals surface area contributed by atoms with Gasteiger partial charge in [-0.25, -0.2) is 0 Å². The molecule has 4 nitrogen and oxygen atoms in total. The lowest BCUT2D eigenvalue weighted by molar-refractivity contribution is 0.0693. The van der Waals surface area contributed by atoms with E-state index in [-0.39, 0.29) is 11.8 Å². The fourth-order valence-corrected chi connectivity index (χ4v) is 1.98. The average molecular weight is 246 g/mol. The molecule has 0 aliphatic carbocycles. The molecular formula is C14H18N2O2. The maximum absolute atomic E-state index is 11.8. The predicted octanol–water partition coefficient (Wildman–Crippen LogP) is 2.37. The Balaban J connectivity index is 2.14. The summed E-state index contributed by atoms with van der Waals surface area (Å²) >= 11 is 0. The number of carbonyl (C=O) groups excluding carboxylic acids is 2. The van der Waals surface area contributed by atoms with E-state index in [1.165, 1.54) is 7.05 Å². The van der Waals surface area contributed by atoms with Crippen LogP contribution < -0.4 is 5.32 Å². The first-order valence-corrected chi connectivity index (χ1v) is 6.21. The van der Waals surface area contributed by atoms with Crippen LogP contribution in [0.4, 0.5) is 5.69 Å². The number of rotatable bonds is 4. The number of carbonyl (C=O) groups is 2. The Bertz CT molecular complexity index is 495. The lowest BCUT2D eigenvalue weighted by Gasteiger charge is -2.08. The molecule has 0 radical (unpaired) electrons. The second-order valence-electron chi connectivity index (χ2n) is 5.04. The minimum Gasteiger partial charge on any atom is -0.385 e. The van der Waals surface area contributed by atoms with Crippen LogP contribution in [-0.4, -0.2) is 30.3 Å². The van der Waals surface area contributed by atoms with Crippen molar-refractivity contribution in [1.82, 2.24) is 4.90 Å². The number of hydrogen-bond acceptors (Lipinski definition) is 3. The molecule has 2 rings (SSSR count). The van der Waals surface area contributed by atoms with Crippen LogP contribution >= 0.6 is 0 Å². The molecule has 18 heavy (non-hydrogen) atoms. The third-order valence-corrected chi connectivity index (χ3v) is 3.14. The quantitative estimate of drug-likeness (QED) is 0.830. The number of hydrogen-bond donors (Lipinski definition) is 1. The molecule has 1 aliphatic rings. The number of imide groups is 1. The van der Waals surface area contributed by atoms with E-state index in [0.717, 1.165) is 23.6 Å². The van der Waals surface area contributed by atoms with Crippen LogP contribution in [0.5, 0.6) is 0 Å². The Morgan fingerprint density at radius 2 is 1.83 bits per heavy atom. The third-order valence-electron chi connectivity index (χ3n) is 3.14. The van der Waals surface area contributed by atoms with E-state index in [1.54, 1.807) is 12.1 Å². The van der Waals surface area contributed by atoms with Gasteiger partial charge in [-0.05, 0) is 30.5 Å². The zero-order valence-electron chi connectivity index (χ0n) is 11.0. The highest BCUT2D eigenvalue weighted by atomic mass is 16.2. The van der Waals surface area contributed by atoms with Gasteiger partial charge in [0, 0.05) is 19.3 Å². The molecule has 0 saturated heterocycles. The monoisotopic (exact) mass is 246 g/mol. The molecule has 0 fully saturated rings. The molecule has 0 saturated carbocycles. The molecule has 0 aromatic heterocycles. The Kier molecular flexibility index (Phi) is 3.36. The summed E-state index contributed by atoms with van der Waals surface area (Å²) in [5.41, 5.74) is 1.89. The van der Waals surface area contributed by atoms with Crippen LogP contribution in [-0.2, 0) is 0 Å². The van der Waals surface area contributed by atoms with Crippen molar-refractivity contribution in [3.8, 4) is 0 Å². The molecule has 0 atom stereocenters. The first kappa shape index (κ1) is 12.6. The van der Waals surface area contributed by atoms with Crippen LogP contribution in [0, 0.1) is 5.92 Å². The standard InChI is InChI=1S/C14H18N2O2/c1-9(2)6-7-15-10-4-5-11-12(8-10)14(18)16(3)13(11)17/h4-5,8-9,15H,6-7H2,1-3H3. The van der Waals surface area contributed by atoms with E-state index in [0.29, 0.717) is 17.0 Å². The lowest BCUT2D eigenvalue weighted by Crippen LogP contribution is -2.24. The van der Waals surface area contributed by atoms with E-state index in [4.69, 9.17) is 0 Å². The van der Waals surface area contributed by atoms with E-state index in [2.05, 4.69) is 19.2 Å². The first-order valence-electron chi connectivity index (χ1n) is 6.21. The molecule has 1 heterocycles. The molecule has 96 valence electrons. The summed E-state index contributed by atoms with van der Waals surface area (Å²) in [5, 5.41) is 3.27. The molecule has 1 N–H and O–H groups in total. The summed E-state index contributed by atoms with van der Waals surface area (Å²) in [4.78, 5) is 24.7. The van der Waals surface area contributed by atoms with Crippen molar-refractivity contribution in [1.29, 1.82) is 0 Å². The van der Waals surface area contributed by atoms with Crippen molar-refractivity contribution in [3.63, 3.8) is 0 Å². The van der Waals surface area contributed by atoms with E-state index in [9.17, 15) is 9.59 Å². The average Bonchev–Trinajstić information content (AvgIpc) is 2.54. The van der Waals surface area contributed by atoms with Gasteiger partial charge in [0.15, 0.2) is 0 Å². The second-order valence-corrected chi connectivity index (χ2v) is 5.04. The van der Waals surface area contributed by atoms with Crippen molar-refractivity contribution in [2.45, 2.75) is 20.3 Å². The largest absolute Gasteiger partial charge is 0.385 e. The van der Waals surface area contributed by atoms with Crippen LogP contribution in [0.15, 0.2) is 18.2 Å². The normalized spacial score (nSPS) is 14.3. The van der Waals surface area contributed by atoms with Crippen molar-refractivity contribution < 1.29 is 9.59 Å². The van der Waals surface area contributed by atoms with Crippen LogP contribution in [0.2, 0.25) is 0 Å². The van der Waals surface area contributed by atoms with Crippen molar-refractivity contribution >= 4 is 17.5 Å². The fraction of sp³-hybridized carbons (Fsp3) is 0.429. The zero-order chi connectivity index (χ0) is 13.3. The number of anilines is 1. The third kappa shape index (κ3) is 2.23. The van der Waals surface area contributed by atoms with Crippen LogP contribution in [0.3, 0.4) is 0 Å². The number of fused-ring (bicyclic) bond motifs is 1. The molecular weight excluding hydrogens is 228 g/mol. The van der Waals surface area contributed by atoms with Crippen LogP contribution in [0.25, 0.3) is 0 Å². The van der Waals surface area contributed by atoms with Gasteiger partial charge < -0.3 is 5.32 Å². The van der Waals surface area contributed by atoms with Gasteiger partial charge in [0.1, 0.15) is 0 Å². The smallest absolute Gasteiger partial charge is 0.261 e. The topological polar surface area (TPSA) is 49.4 Å². The van der Waals surface area contributed by atoms with Gasteiger partial charge in [-0.15, -0.1) is 0 Å². The minimum absolute atomic E-state index is 0.219. The molecule has 4 heteroatoms. The van der Waals surface area contributed by atoms with Crippen molar-refractivity contribution in [2.75, 3.05) is 18.9 Å². The number of nitrogens with one attached hydrogen (secondary N) is 1. The minimum atomic E-state index is -0.220. The summed E-state index contributed by atoms with van der Waals surface area (Å²) in [6, 6.07) is 5.33. The Morgan fingerprint density at radius 3 is 2.50 bits per heavy atom. The Labute approximate surface area is 107 Å². The van der Waals surface area contributed by atoms with Gasteiger partial charge in [0.05, 0.1) is 11.1 Å². The molecule has 1 aromatic rings. The Hall–Kier alpha value is -1.84. The number of nitrogens with zero attached hydrogens (tertiary/aromatic N) is 1. The molecule has 1 aliphatic heterocycles. The van der Waals surface area contributed by atoms with Gasteiger partial charge in [-0.2, -0.15) is 0 Å². The van der Waals surface area contributed by atoms with Gasteiger partial charge in [0.2, 0.25) is 0 Å². The Morgan fingerprint density at radius 1 is 1.17 bits per heavy atom. The highest BCUT2D eigenvalue weighted by Crippen LogP contribution is 2.24. The summed E-state index contributed by atoms with van der Waals surface area (Å²) < 4.78 is 0. The van der Waals surface area contributed by atoms with Crippen LogP contribution in [0.1, 0.15) is 41.0 Å². The van der Waals surface area contributed by atoms with E-state index < -0.39 is 0 Å². The van der Waals surface area contributed by atoms with E-state index >= 15 is 0 Å². The highest BCUT2D eigenvalue weighted by molar-refractivity contribution is 6.21.